The Balaban J connectivity index is 2.20. The molecule has 1 aromatic carbocycles. The van der Waals surface area contributed by atoms with Gasteiger partial charge in [0.25, 0.3) is 0 Å². The number of carbonyl (C=O) groups is 3. The van der Waals surface area contributed by atoms with Crippen molar-refractivity contribution in [1.82, 2.24) is 9.88 Å². The van der Waals surface area contributed by atoms with Crippen LogP contribution in [-0.2, 0) is 23.5 Å². The highest BCUT2D eigenvalue weighted by molar-refractivity contribution is 6.74. The molecule has 1 N–H and O–H groups in total. The average Bonchev–Trinajstić information content (AvgIpc) is 3.10. The van der Waals surface area contributed by atoms with E-state index in [1.165, 1.54) is 6.92 Å². The van der Waals surface area contributed by atoms with Crippen molar-refractivity contribution in [3.63, 3.8) is 0 Å². The van der Waals surface area contributed by atoms with Crippen molar-refractivity contribution in [2.45, 2.75) is 77.2 Å². The normalized spacial score (nSPS) is 21.1. The third kappa shape index (κ3) is 4.64. The molecule has 180 valence electrons. The SMILES string of the molecule is CCOC(=O)[C@H]1c2[nH]c3ccccc3c2[C@H](CC=O)[C@@H](CO[Si](C)(C)C(C)(C)C)N1C(C)=O. The fraction of sp³-hybridized carbons (Fsp3) is 0.560. The first-order valence-electron chi connectivity index (χ1n) is 11.6. The van der Waals surface area contributed by atoms with Gasteiger partial charge in [-0.1, -0.05) is 39.0 Å². The summed E-state index contributed by atoms with van der Waals surface area (Å²) in [6.45, 7) is 14.4. The van der Waals surface area contributed by atoms with Gasteiger partial charge in [0.1, 0.15) is 6.29 Å². The molecule has 0 aliphatic carbocycles. The number of hydrogen-bond acceptors (Lipinski definition) is 5. The maximum absolute atomic E-state index is 13.2. The largest absolute Gasteiger partial charge is 0.464 e. The summed E-state index contributed by atoms with van der Waals surface area (Å²) in [6, 6.07) is 6.39. The lowest BCUT2D eigenvalue weighted by molar-refractivity contribution is -0.159. The molecule has 7 nitrogen and oxygen atoms in total. The van der Waals surface area contributed by atoms with Gasteiger partial charge in [0, 0.05) is 30.2 Å². The summed E-state index contributed by atoms with van der Waals surface area (Å²) < 4.78 is 12.0. The van der Waals surface area contributed by atoms with Gasteiger partial charge in [-0.25, -0.2) is 4.79 Å². The Morgan fingerprint density at radius 3 is 2.45 bits per heavy atom. The molecule has 2 aromatic rings. The molecule has 1 aliphatic rings. The molecule has 0 fully saturated rings. The maximum atomic E-state index is 13.2. The second-order valence-corrected chi connectivity index (χ2v) is 15.0. The quantitative estimate of drug-likeness (QED) is 0.359. The van der Waals surface area contributed by atoms with Crippen molar-refractivity contribution in [2.75, 3.05) is 13.2 Å². The van der Waals surface area contributed by atoms with E-state index in [1.807, 2.05) is 24.3 Å². The van der Waals surface area contributed by atoms with Crippen molar-refractivity contribution in [1.29, 1.82) is 0 Å². The number of fused-ring (bicyclic) bond motifs is 3. The van der Waals surface area contributed by atoms with Crippen molar-refractivity contribution in [3.8, 4) is 0 Å². The second kappa shape index (κ2) is 9.42. The van der Waals surface area contributed by atoms with Gasteiger partial charge >= 0.3 is 5.97 Å². The molecular formula is C25H36N2O5Si. The zero-order valence-electron chi connectivity index (χ0n) is 20.7. The Morgan fingerprint density at radius 2 is 1.88 bits per heavy atom. The van der Waals surface area contributed by atoms with Gasteiger partial charge in [0.05, 0.1) is 24.9 Å². The summed E-state index contributed by atoms with van der Waals surface area (Å²) in [5.74, 6) is -1.03. The molecule has 0 bridgehead atoms. The number of carbonyl (C=O) groups excluding carboxylic acids is 3. The number of para-hydroxylation sites is 1. The van der Waals surface area contributed by atoms with Crippen LogP contribution in [0.5, 0.6) is 0 Å². The molecule has 0 unspecified atom stereocenters. The summed E-state index contributed by atoms with van der Waals surface area (Å²) >= 11 is 0. The number of nitrogens with one attached hydrogen (secondary N) is 1. The third-order valence-corrected chi connectivity index (χ3v) is 11.7. The molecule has 2 heterocycles. The zero-order chi connectivity index (χ0) is 24.6. The number of aldehydes is 1. The molecule has 1 aromatic heterocycles. The van der Waals surface area contributed by atoms with Crippen LogP contribution >= 0.6 is 0 Å². The lowest BCUT2D eigenvalue weighted by Crippen LogP contribution is -2.55. The van der Waals surface area contributed by atoms with Crippen LogP contribution in [0.15, 0.2) is 24.3 Å². The maximum Gasteiger partial charge on any atom is 0.335 e. The highest BCUT2D eigenvalue weighted by Gasteiger charge is 2.49. The van der Waals surface area contributed by atoms with Gasteiger partial charge in [-0.15, -0.1) is 0 Å². The zero-order valence-corrected chi connectivity index (χ0v) is 21.7. The van der Waals surface area contributed by atoms with E-state index in [0.29, 0.717) is 5.69 Å². The van der Waals surface area contributed by atoms with Gasteiger partial charge in [0.15, 0.2) is 14.4 Å². The summed E-state index contributed by atoms with van der Waals surface area (Å²) in [7, 11) is -2.15. The van der Waals surface area contributed by atoms with E-state index in [2.05, 4.69) is 38.8 Å². The Labute approximate surface area is 196 Å². The minimum atomic E-state index is -2.15. The Bertz CT molecular complexity index is 1040. The number of rotatable bonds is 7. The van der Waals surface area contributed by atoms with Crippen LogP contribution in [0.2, 0.25) is 18.1 Å². The number of esters is 1. The average molecular weight is 473 g/mol. The highest BCUT2D eigenvalue weighted by Crippen LogP contribution is 2.46. The number of amides is 1. The first-order valence-corrected chi connectivity index (χ1v) is 14.5. The monoisotopic (exact) mass is 472 g/mol. The van der Waals surface area contributed by atoms with Crippen LogP contribution in [0.25, 0.3) is 10.9 Å². The molecule has 33 heavy (non-hydrogen) atoms. The molecular weight excluding hydrogens is 436 g/mol. The summed E-state index contributed by atoms with van der Waals surface area (Å²) in [6.07, 6.45) is 1.11. The molecule has 0 saturated heterocycles. The van der Waals surface area contributed by atoms with Gasteiger partial charge in [-0.3, -0.25) is 4.79 Å². The second-order valence-electron chi connectivity index (χ2n) is 10.2. The van der Waals surface area contributed by atoms with E-state index in [0.717, 1.165) is 22.8 Å². The van der Waals surface area contributed by atoms with Crippen molar-refractivity contribution >= 4 is 37.4 Å². The summed E-state index contributed by atoms with van der Waals surface area (Å²) in [5.41, 5.74) is 2.39. The fourth-order valence-electron chi connectivity index (χ4n) is 4.47. The predicted molar refractivity (Wildman–Crippen MR) is 131 cm³/mol. The molecule has 0 radical (unpaired) electrons. The third-order valence-electron chi connectivity index (χ3n) is 7.17. The number of nitrogens with zero attached hydrogens (tertiary/aromatic N) is 1. The van der Waals surface area contributed by atoms with Crippen molar-refractivity contribution < 1.29 is 23.5 Å². The molecule has 3 atom stereocenters. The highest BCUT2D eigenvalue weighted by atomic mass is 28.4. The minimum absolute atomic E-state index is 0.0185. The van der Waals surface area contributed by atoms with E-state index < -0.39 is 26.4 Å². The fourth-order valence-corrected chi connectivity index (χ4v) is 5.49. The number of aromatic nitrogens is 1. The van der Waals surface area contributed by atoms with Crippen molar-refractivity contribution in [3.05, 3.63) is 35.5 Å². The van der Waals surface area contributed by atoms with Gasteiger partial charge < -0.3 is 23.8 Å². The number of hydrogen-bond donors (Lipinski definition) is 1. The molecule has 3 rings (SSSR count). The van der Waals surface area contributed by atoms with Crippen LogP contribution in [0.1, 0.15) is 64.3 Å². The smallest absolute Gasteiger partial charge is 0.335 e. The number of H-pyrrole nitrogens is 1. The first kappa shape index (κ1) is 25.2. The van der Waals surface area contributed by atoms with Crippen LogP contribution in [0.3, 0.4) is 0 Å². The number of ether oxygens (including phenoxy) is 1. The van der Waals surface area contributed by atoms with Gasteiger partial charge in [-0.05, 0) is 36.7 Å². The predicted octanol–water partition coefficient (Wildman–Crippen LogP) is 4.70. The first-order chi connectivity index (χ1) is 15.4. The van der Waals surface area contributed by atoms with Gasteiger partial charge in [-0.2, -0.15) is 0 Å². The number of aromatic amines is 1. The van der Waals surface area contributed by atoms with E-state index in [4.69, 9.17) is 9.16 Å². The standard InChI is InChI=1S/C25H36N2O5Si/c1-8-31-24(30)23-22-21(17-11-9-10-12-19(17)26-22)18(13-14-28)20(27(23)16(2)29)15-32-33(6,7)25(3,4)5/h9-12,14,18,20,23,26H,8,13,15H2,1-7H3/t18-,20-,23-/m1/s1. The summed E-state index contributed by atoms with van der Waals surface area (Å²) in [5, 5.41) is 0.934. The Morgan fingerprint density at radius 1 is 1.21 bits per heavy atom. The summed E-state index contributed by atoms with van der Waals surface area (Å²) in [4.78, 5) is 42.9. The van der Waals surface area contributed by atoms with E-state index in [9.17, 15) is 14.4 Å². The molecule has 1 amide bonds. The van der Waals surface area contributed by atoms with Crippen molar-refractivity contribution in [2.24, 2.45) is 0 Å². The lowest BCUT2D eigenvalue weighted by atomic mass is 9.80. The van der Waals surface area contributed by atoms with E-state index >= 15 is 0 Å². The van der Waals surface area contributed by atoms with Crippen LogP contribution in [-0.4, -0.2) is 55.6 Å². The van der Waals surface area contributed by atoms with Crippen LogP contribution in [0.4, 0.5) is 0 Å². The van der Waals surface area contributed by atoms with Crippen LogP contribution < -0.4 is 0 Å². The number of benzene rings is 1. The van der Waals surface area contributed by atoms with Gasteiger partial charge in [0.2, 0.25) is 5.91 Å². The Hall–Kier alpha value is -2.45. The molecule has 1 aliphatic heterocycles. The minimum Gasteiger partial charge on any atom is -0.464 e. The van der Waals surface area contributed by atoms with Crippen LogP contribution in [0, 0.1) is 0 Å². The topological polar surface area (TPSA) is 88.7 Å². The lowest BCUT2D eigenvalue weighted by Gasteiger charge is -2.46. The molecule has 0 saturated carbocycles. The van der Waals surface area contributed by atoms with E-state index in [1.54, 1.807) is 11.8 Å². The molecule has 8 heteroatoms. The van der Waals surface area contributed by atoms with E-state index in [-0.39, 0.29) is 36.5 Å². The Kier molecular flexibility index (Phi) is 7.19. The molecule has 0 spiro atoms.